The van der Waals surface area contributed by atoms with Crippen molar-refractivity contribution in [2.75, 3.05) is 26.7 Å². The number of halogens is 1. The quantitative estimate of drug-likeness (QED) is 0.882. The molecule has 1 aliphatic heterocycles. The van der Waals surface area contributed by atoms with Crippen molar-refractivity contribution < 1.29 is 0 Å². The van der Waals surface area contributed by atoms with Crippen LogP contribution in [0.2, 0.25) is 0 Å². The van der Waals surface area contributed by atoms with E-state index in [1.165, 1.54) is 55.4 Å². The van der Waals surface area contributed by atoms with E-state index in [4.69, 9.17) is 0 Å². The summed E-state index contributed by atoms with van der Waals surface area (Å²) in [5.41, 5.74) is 2.01. The van der Waals surface area contributed by atoms with Crippen LogP contribution in [0.5, 0.6) is 0 Å². The Hall–Kier alpha value is -0.380. The lowest BCUT2D eigenvalue weighted by molar-refractivity contribution is 0.125. The van der Waals surface area contributed by atoms with Crippen molar-refractivity contribution in [3.8, 4) is 0 Å². The Kier molecular flexibility index (Phi) is 4.72. The monoisotopic (exact) mass is 350 g/mol. The van der Waals surface area contributed by atoms with Gasteiger partial charge in [0.2, 0.25) is 0 Å². The SMILES string of the molecule is CN1CCC(C)(CNC2CC(c3ccc(Br)cc3)C2)CC1. The summed E-state index contributed by atoms with van der Waals surface area (Å²) in [5, 5.41) is 3.83. The summed E-state index contributed by atoms with van der Waals surface area (Å²) < 4.78 is 1.18. The highest BCUT2D eigenvalue weighted by atomic mass is 79.9. The molecule has 2 aliphatic rings. The molecule has 0 radical (unpaired) electrons. The molecule has 0 atom stereocenters. The van der Waals surface area contributed by atoms with Gasteiger partial charge in [0, 0.05) is 17.1 Å². The van der Waals surface area contributed by atoms with E-state index in [2.05, 4.69) is 64.4 Å². The van der Waals surface area contributed by atoms with Crippen LogP contribution < -0.4 is 5.32 Å². The molecule has 1 saturated heterocycles. The van der Waals surface area contributed by atoms with Gasteiger partial charge in [-0.1, -0.05) is 35.0 Å². The molecule has 2 nitrogen and oxygen atoms in total. The van der Waals surface area contributed by atoms with E-state index in [0.717, 1.165) is 12.0 Å². The number of nitrogens with zero attached hydrogens (tertiary/aromatic N) is 1. The van der Waals surface area contributed by atoms with Crippen molar-refractivity contribution in [1.29, 1.82) is 0 Å². The van der Waals surface area contributed by atoms with Crippen molar-refractivity contribution in [2.24, 2.45) is 5.41 Å². The fourth-order valence-electron chi connectivity index (χ4n) is 3.52. The molecule has 0 amide bonds. The average Bonchev–Trinajstić information content (AvgIpc) is 2.43. The second kappa shape index (κ2) is 6.39. The van der Waals surface area contributed by atoms with Gasteiger partial charge in [0.25, 0.3) is 0 Å². The van der Waals surface area contributed by atoms with Gasteiger partial charge in [-0.05, 0) is 74.8 Å². The maximum atomic E-state index is 3.83. The Labute approximate surface area is 137 Å². The van der Waals surface area contributed by atoms with Crippen LogP contribution in [0.15, 0.2) is 28.7 Å². The number of nitrogens with one attached hydrogen (secondary N) is 1. The molecule has 1 aromatic rings. The first-order valence-corrected chi connectivity index (χ1v) is 9.01. The molecule has 116 valence electrons. The fourth-order valence-corrected chi connectivity index (χ4v) is 3.78. The summed E-state index contributed by atoms with van der Waals surface area (Å²) in [7, 11) is 2.24. The summed E-state index contributed by atoms with van der Waals surface area (Å²) in [4.78, 5) is 2.45. The predicted octanol–water partition coefficient (Wildman–Crippen LogP) is 4.02. The molecule has 1 aromatic carbocycles. The number of piperidine rings is 1. The maximum absolute atomic E-state index is 3.83. The average molecular weight is 351 g/mol. The van der Waals surface area contributed by atoms with Crippen molar-refractivity contribution in [1.82, 2.24) is 10.2 Å². The Balaban J connectivity index is 1.42. The second-order valence-electron chi connectivity index (χ2n) is 7.41. The van der Waals surface area contributed by atoms with Gasteiger partial charge in [-0.15, -0.1) is 0 Å². The van der Waals surface area contributed by atoms with Crippen LogP contribution in [0, 0.1) is 5.41 Å². The zero-order valence-electron chi connectivity index (χ0n) is 13.2. The molecule has 21 heavy (non-hydrogen) atoms. The first-order valence-electron chi connectivity index (χ1n) is 8.21. The zero-order valence-corrected chi connectivity index (χ0v) is 14.8. The van der Waals surface area contributed by atoms with Crippen LogP contribution in [-0.2, 0) is 0 Å². The minimum absolute atomic E-state index is 0.509. The third-order valence-corrected chi connectivity index (χ3v) is 6.02. The molecule has 1 heterocycles. The van der Waals surface area contributed by atoms with E-state index in [1.54, 1.807) is 0 Å². The Morgan fingerprint density at radius 3 is 2.43 bits per heavy atom. The maximum Gasteiger partial charge on any atom is 0.0175 e. The van der Waals surface area contributed by atoms with Crippen LogP contribution in [-0.4, -0.2) is 37.6 Å². The molecule has 1 aliphatic carbocycles. The van der Waals surface area contributed by atoms with Crippen molar-refractivity contribution >= 4 is 15.9 Å². The lowest BCUT2D eigenvalue weighted by Crippen LogP contribution is -2.47. The van der Waals surface area contributed by atoms with Gasteiger partial charge in [0.05, 0.1) is 0 Å². The number of rotatable bonds is 4. The normalized spacial score (nSPS) is 29.1. The molecular weight excluding hydrogens is 324 g/mol. The third-order valence-electron chi connectivity index (χ3n) is 5.49. The molecule has 0 aromatic heterocycles. The highest BCUT2D eigenvalue weighted by molar-refractivity contribution is 9.10. The minimum atomic E-state index is 0.509. The topological polar surface area (TPSA) is 15.3 Å². The second-order valence-corrected chi connectivity index (χ2v) is 8.33. The van der Waals surface area contributed by atoms with E-state index in [9.17, 15) is 0 Å². The molecule has 2 fully saturated rings. The van der Waals surface area contributed by atoms with Crippen LogP contribution in [0.4, 0.5) is 0 Å². The molecule has 1 saturated carbocycles. The van der Waals surface area contributed by atoms with E-state index in [0.29, 0.717) is 5.41 Å². The van der Waals surface area contributed by atoms with Crippen molar-refractivity contribution in [3.05, 3.63) is 34.3 Å². The van der Waals surface area contributed by atoms with Gasteiger partial charge in [0.1, 0.15) is 0 Å². The lowest BCUT2D eigenvalue weighted by Gasteiger charge is -2.42. The lowest BCUT2D eigenvalue weighted by atomic mass is 9.74. The Morgan fingerprint density at radius 1 is 1.19 bits per heavy atom. The van der Waals surface area contributed by atoms with Gasteiger partial charge in [0.15, 0.2) is 0 Å². The van der Waals surface area contributed by atoms with E-state index in [1.807, 2.05) is 0 Å². The van der Waals surface area contributed by atoms with Gasteiger partial charge in [-0.25, -0.2) is 0 Å². The third kappa shape index (κ3) is 3.88. The Morgan fingerprint density at radius 2 is 1.81 bits per heavy atom. The highest BCUT2D eigenvalue weighted by Gasteiger charge is 2.33. The number of likely N-dealkylation sites (tertiary alicyclic amines) is 1. The summed E-state index contributed by atoms with van der Waals surface area (Å²) in [5.74, 6) is 0.765. The number of benzene rings is 1. The van der Waals surface area contributed by atoms with Gasteiger partial charge in [-0.2, -0.15) is 0 Å². The summed E-state index contributed by atoms with van der Waals surface area (Å²) in [6.45, 7) is 6.16. The van der Waals surface area contributed by atoms with Crippen LogP contribution in [0.1, 0.15) is 44.1 Å². The smallest absolute Gasteiger partial charge is 0.0175 e. The van der Waals surface area contributed by atoms with Gasteiger partial charge < -0.3 is 10.2 Å². The summed E-state index contributed by atoms with van der Waals surface area (Å²) in [6.07, 6.45) is 5.27. The predicted molar refractivity (Wildman–Crippen MR) is 92.7 cm³/mol. The molecule has 3 rings (SSSR count). The number of hydrogen-bond donors (Lipinski definition) is 1. The fraction of sp³-hybridized carbons (Fsp3) is 0.667. The van der Waals surface area contributed by atoms with Crippen LogP contribution in [0.25, 0.3) is 0 Å². The first-order chi connectivity index (χ1) is 10.0. The molecule has 1 N–H and O–H groups in total. The first kappa shape index (κ1) is 15.5. The van der Waals surface area contributed by atoms with Crippen LogP contribution >= 0.6 is 15.9 Å². The van der Waals surface area contributed by atoms with E-state index < -0.39 is 0 Å². The highest BCUT2D eigenvalue weighted by Crippen LogP contribution is 2.38. The molecular formula is C18H27BrN2. The zero-order chi connectivity index (χ0) is 14.9. The molecule has 0 bridgehead atoms. The summed E-state index contributed by atoms with van der Waals surface area (Å²) >= 11 is 3.51. The molecule has 0 unspecified atom stereocenters. The largest absolute Gasteiger partial charge is 0.313 e. The van der Waals surface area contributed by atoms with Crippen molar-refractivity contribution in [3.63, 3.8) is 0 Å². The van der Waals surface area contributed by atoms with Crippen molar-refractivity contribution in [2.45, 2.75) is 44.6 Å². The number of hydrogen-bond acceptors (Lipinski definition) is 2. The standard InChI is InChI=1S/C18H27BrN2/c1-18(7-9-21(2)10-8-18)13-20-17-11-15(12-17)14-3-5-16(19)6-4-14/h3-6,15,17,20H,7-13H2,1-2H3. The van der Waals surface area contributed by atoms with Gasteiger partial charge >= 0.3 is 0 Å². The minimum Gasteiger partial charge on any atom is -0.313 e. The summed E-state index contributed by atoms with van der Waals surface area (Å²) in [6, 6.07) is 9.59. The van der Waals surface area contributed by atoms with Gasteiger partial charge in [-0.3, -0.25) is 0 Å². The van der Waals surface area contributed by atoms with Crippen LogP contribution in [0.3, 0.4) is 0 Å². The molecule has 0 spiro atoms. The molecule has 3 heteroatoms. The van der Waals surface area contributed by atoms with E-state index in [-0.39, 0.29) is 0 Å². The van der Waals surface area contributed by atoms with E-state index >= 15 is 0 Å². The Bertz CT molecular complexity index is 457.